The zero-order valence-corrected chi connectivity index (χ0v) is 10.4. The highest BCUT2D eigenvalue weighted by Crippen LogP contribution is 2.26. The molecule has 3 N–H and O–H groups in total. The molecule has 90 valence electrons. The number of nitrogen functional groups attached to an aromatic ring is 1. The van der Waals surface area contributed by atoms with Gasteiger partial charge in [0.1, 0.15) is 10.7 Å². The quantitative estimate of drug-likeness (QED) is 0.722. The van der Waals surface area contributed by atoms with E-state index in [0.717, 1.165) is 5.13 Å². The van der Waals surface area contributed by atoms with E-state index >= 15 is 0 Å². The fourth-order valence-corrected chi connectivity index (χ4v) is 1.85. The van der Waals surface area contributed by atoms with Crippen molar-refractivity contribution in [2.24, 2.45) is 0 Å². The lowest BCUT2D eigenvalue weighted by atomic mass is 10.4. The molecular formula is C9H16N4O2S. The Hall–Kier alpha value is -1.34. The number of rotatable bonds is 5. The molecule has 0 spiro atoms. The number of ether oxygens (including phenoxy) is 1. The maximum absolute atomic E-state index is 11.7. The summed E-state index contributed by atoms with van der Waals surface area (Å²) in [4.78, 5) is 18.0. The lowest BCUT2D eigenvalue weighted by Crippen LogP contribution is -2.26. The van der Waals surface area contributed by atoms with Gasteiger partial charge in [-0.15, -0.1) is 0 Å². The molecule has 1 heterocycles. The number of nitrogens with one attached hydrogen (secondary N) is 1. The van der Waals surface area contributed by atoms with Crippen molar-refractivity contribution in [2.75, 3.05) is 45.0 Å². The van der Waals surface area contributed by atoms with Gasteiger partial charge in [0.25, 0.3) is 5.91 Å². The molecule has 0 bridgehead atoms. The lowest BCUT2D eigenvalue weighted by Gasteiger charge is -2.05. The second kappa shape index (κ2) is 5.66. The van der Waals surface area contributed by atoms with Gasteiger partial charge in [0, 0.05) is 27.7 Å². The van der Waals surface area contributed by atoms with Crippen molar-refractivity contribution in [3.63, 3.8) is 0 Å². The Labute approximate surface area is 98.4 Å². The van der Waals surface area contributed by atoms with Crippen LogP contribution in [0.3, 0.4) is 0 Å². The van der Waals surface area contributed by atoms with E-state index in [-0.39, 0.29) is 11.7 Å². The first kappa shape index (κ1) is 12.7. The first-order valence-corrected chi connectivity index (χ1v) is 5.58. The second-order valence-corrected chi connectivity index (χ2v) is 4.33. The number of nitrogens with zero attached hydrogens (tertiary/aromatic N) is 2. The van der Waals surface area contributed by atoms with Gasteiger partial charge in [-0.2, -0.15) is 0 Å². The molecule has 0 saturated heterocycles. The highest BCUT2D eigenvalue weighted by Gasteiger charge is 2.16. The SMILES string of the molecule is COCCNC(=O)c1sc(N(C)C)nc1N. The second-order valence-electron chi connectivity index (χ2n) is 3.35. The van der Waals surface area contributed by atoms with E-state index in [0.29, 0.717) is 18.0 Å². The Morgan fingerprint density at radius 1 is 1.62 bits per heavy atom. The van der Waals surface area contributed by atoms with Crippen LogP contribution in [0, 0.1) is 0 Å². The van der Waals surface area contributed by atoms with Gasteiger partial charge in [0.15, 0.2) is 5.13 Å². The van der Waals surface area contributed by atoms with E-state index in [2.05, 4.69) is 10.3 Å². The minimum absolute atomic E-state index is 0.208. The molecule has 1 aromatic rings. The summed E-state index contributed by atoms with van der Waals surface area (Å²) in [5.74, 6) is 0.0590. The fraction of sp³-hybridized carbons (Fsp3) is 0.556. The Balaban J connectivity index is 2.68. The summed E-state index contributed by atoms with van der Waals surface area (Å²) in [6, 6.07) is 0. The third-order valence-electron chi connectivity index (χ3n) is 1.82. The van der Waals surface area contributed by atoms with Crippen molar-refractivity contribution in [3.8, 4) is 0 Å². The molecule has 7 heteroatoms. The largest absolute Gasteiger partial charge is 0.383 e. The first-order valence-electron chi connectivity index (χ1n) is 4.77. The smallest absolute Gasteiger partial charge is 0.265 e. The van der Waals surface area contributed by atoms with E-state index in [1.165, 1.54) is 11.3 Å². The number of hydrogen-bond donors (Lipinski definition) is 2. The standard InChI is InChI=1S/C9H16N4O2S/c1-13(2)9-12-7(10)6(16-9)8(14)11-4-5-15-3/h4-5,10H2,1-3H3,(H,11,14). The number of thiazole rings is 1. The summed E-state index contributed by atoms with van der Waals surface area (Å²) in [5, 5.41) is 3.42. The molecule has 0 fully saturated rings. The van der Waals surface area contributed by atoms with Gasteiger partial charge >= 0.3 is 0 Å². The maximum Gasteiger partial charge on any atom is 0.265 e. The molecular weight excluding hydrogens is 228 g/mol. The molecule has 0 radical (unpaired) electrons. The number of hydrogen-bond acceptors (Lipinski definition) is 6. The summed E-state index contributed by atoms with van der Waals surface area (Å²) in [6.45, 7) is 0.939. The van der Waals surface area contributed by atoms with E-state index < -0.39 is 0 Å². The summed E-state index contributed by atoms with van der Waals surface area (Å²) < 4.78 is 4.84. The third-order valence-corrected chi connectivity index (χ3v) is 3.06. The average molecular weight is 244 g/mol. The zero-order chi connectivity index (χ0) is 12.1. The Bertz CT molecular complexity index is 364. The molecule has 0 aliphatic heterocycles. The van der Waals surface area contributed by atoms with Crippen molar-refractivity contribution in [1.29, 1.82) is 0 Å². The first-order chi connectivity index (χ1) is 7.56. The van der Waals surface area contributed by atoms with Crippen molar-refractivity contribution >= 4 is 28.2 Å². The zero-order valence-electron chi connectivity index (χ0n) is 9.61. The molecule has 0 aromatic carbocycles. The van der Waals surface area contributed by atoms with Crippen molar-refractivity contribution in [1.82, 2.24) is 10.3 Å². The number of carbonyl (C=O) groups excluding carboxylic acids is 1. The van der Waals surface area contributed by atoms with Crippen LogP contribution in [-0.4, -0.2) is 45.2 Å². The molecule has 1 amide bonds. The molecule has 1 rings (SSSR count). The Kier molecular flexibility index (Phi) is 4.51. The number of methoxy groups -OCH3 is 1. The summed E-state index contributed by atoms with van der Waals surface area (Å²) in [7, 11) is 5.28. The highest BCUT2D eigenvalue weighted by molar-refractivity contribution is 7.18. The summed E-state index contributed by atoms with van der Waals surface area (Å²) >= 11 is 1.27. The van der Waals surface area contributed by atoms with Crippen molar-refractivity contribution in [3.05, 3.63) is 4.88 Å². The molecule has 0 atom stereocenters. The molecule has 0 saturated carbocycles. The van der Waals surface area contributed by atoms with Crippen LogP contribution in [0.15, 0.2) is 0 Å². The van der Waals surface area contributed by atoms with Gasteiger partial charge in [0.05, 0.1) is 6.61 Å². The van der Waals surface area contributed by atoms with Crippen molar-refractivity contribution in [2.45, 2.75) is 0 Å². The van der Waals surface area contributed by atoms with Crippen LogP contribution in [0.5, 0.6) is 0 Å². The van der Waals surface area contributed by atoms with Gasteiger partial charge in [-0.25, -0.2) is 4.98 Å². The number of anilines is 2. The number of aromatic nitrogens is 1. The molecule has 6 nitrogen and oxygen atoms in total. The van der Waals surface area contributed by atoms with Crippen LogP contribution in [0.25, 0.3) is 0 Å². The molecule has 0 aliphatic rings. The van der Waals surface area contributed by atoms with Crippen LogP contribution in [0.1, 0.15) is 9.67 Å². The fourth-order valence-electron chi connectivity index (χ4n) is 1.02. The van der Waals surface area contributed by atoms with Crippen LogP contribution in [0.4, 0.5) is 10.9 Å². The monoisotopic (exact) mass is 244 g/mol. The number of amides is 1. The van der Waals surface area contributed by atoms with Crippen LogP contribution in [0.2, 0.25) is 0 Å². The maximum atomic E-state index is 11.7. The molecule has 0 aliphatic carbocycles. The predicted molar refractivity (Wildman–Crippen MR) is 65.1 cm³/mol. The van der Waals surface area contributed by atoms with Crippen LogP contribution in [-0.2, 0) is 4.74 Å². The minimum Gasteiger partial charge on any atom is -0.383 e. The molecule has 16 heavy (non-hydrogen) atoms. The predicted octanol–water partition coefficient (Wildman–Crippen LogP) is 0.168. The summed E-state index contributed by atoms with van der Waals surface area (Å²) in [6.07, 6.45) is 0. The van der Waals surface area contributed by atoms with Crippen LogP contribution < -0.4 is 16.0 Å². The van der Waals surface area contributed by atoms with E-state index in [9.17, 15) is 4.79 Å². The average Bonchev–Trinajstić information content (AvgIpc) is 2.61. The topological polar surface area (TPSA) is 80.5 Å². The van der Waals surface area contributed by atoms with Gasteiger partial charge in [-0.05, 0) is 0 Å². The number of carbonyl (C=O) groups is 1. The van der Waals surface area contributed by atoms with Crippen molar-refractivity contribution < 1.29 is 9.53 Å². The Morgan fingerprint density at radius 3 is 2.81 bits per heavy atom. The van der Waals surface area contributed by atoms with Gasteiger partial charge in [-0.3, -0.25) is 4.79 Å². The Morgan fingerprint density at radius 2 is 2.31 bits per heavy atom. The minimum atomic E-state index is -0.208. The highest BCUT2D eigenvalue weighted by atomic mass is 32.1. The van der Waals surface area contributed by atoms with Crippen LogP contribution >= 0.6 is 11.3 Å². The van der Waals surface area contributed by atoms with E-state index in [1.807, 2.05) is 19.0 Å². The van der Waals surface area contributed by atoms with E-state index in [1.54, 1.807) is 7.11 Å². The van der Waals surface area contributed by atoms with E-state index in [4.69, 9.17) is 10.5 Å². The molecule has 1 aromatic heterocycles. The third kappa shape index (κ3) is 3.07. The van der Waals surface area contributed by atoms with Gasteiger partial charge in [0.2, 0.25) is 0 Å². The molecule has 0 unspecified atom stereocenters. The lowest BCUT2D eigenvalue weighted by molar-refractivity contribution is 0.0942. The van der Waals surface area contributed by atoms with Gasteiger partial charge in [-0.1, -0.05) is 11.3 Å². The number of nitrogens with two attached hydrogens (primary N) is 1. The summed E-state index contributed by atoms with van der Waals surface area (Å²) in [5.41, 5.74) is 5.66. The normalized spacial score (nSPS) is 10.2. The van der Waals surface area contributed by atoms with Gasteiger partial charge < -0.3 is 20.7 Å².